The summed E-state index contributed by atoms with van der Waals surface area (Å²) in [5.74, 6) is 1.24. The van der Waals surface area contributed by atoms with Crippen molar-refractivity contribution in [3.63, 3.8) is 0 Å². The predicted molar refractivity (Wildman–Crippen MR) is 117 cm³/mol. The van der Waals surface area contributed by atoms with Crippen LogP contribution in [-0.2, 0) is 4.57 Å². The number of benzene rings is 1. The number of aryl methyl sites for hydroxylation is 3. The molecular weight excluding hydrogens is 385 g/mol. The highest BCUT2D eigenvalue weighted by Gasteiger charge is 2.50. The molecule has 1 aromatic heterocycles. The Bertz CT molecular complexity index is 954. The number of hydrogen-bond donors (Lipinski definition) is 1. The van der Waals surface area contributed by atoms with Gasteiger partial charge in [0.15, 0.2) is 11.5 Å². The first kappa shape index (κ1) is 21.7. The quantitative estimate of drug-likeness (QED) is 0.604. The van der Waals surface area contributed by atoms with Crippen molar-refractivity contribution in [2.75, 3.05) is 19.9 Å². The molecule has 5 nitrogen and oxygen atoms in total. The van der Waals surface area contributed by atoms with Gasteiger partial charge in [-0.2, -0.15) is 0 Å². The summed E-state index contributed by atoms with van der Waals surface area (Å²) in [6.07, 6.45) is 2.61. The fourth-order valence-electron chi connectivity index (χ4n) is 4.39. The summed E-state index contributed by atoms with van der Waals surface area (Å²) in [6.45, 7) is 10.2. The fraction of sp³-hybridized carbons (Fsp3) is 0.522. The maximum atomic E-state index is 14.3. The third-order valence-corrected chi connectivity index (χ3v) is 11.0. The molecule has 0 spiro atoms. The summed E-state index contributed by atoms with van der Waals surface area (Å²) < 4.78 is 25.9. The Balaban J connectivity index is 2.03. The zero-order valence-electron chi connectivity index (χ0n) is 18.3. The first-order valence-corrected chi connectivity index (χ1v) is 12.1. The van der Waals surface area contributed by atoms with E-state index in [1.165, 1.54) is 7.11 Å². The lowest BCUT2D eigenvalue weighted by Crippen LogP contribution is -2.23. The number of phenols is 1. The molecule has 0 saturated carbocycles. The molecule has 1 fully saturated rings. The number of rotatable bonds is 6. The van der Waals surface area contributed by atoms with E-state index in [2.05, 4.69) is 18.8 Å². The topological polar surface area (TPSA) is 68.7 Å². The van der Waals surface area contributed by atoms with Gasteiger partial charge in [-0.3, -0.25) is 4.98 Å². The second-order valence-corrected chi connectivity index (χ2v) is 12.6. The lowest BCUT2D eigenvalue weighted by Gasteiger charge is -2.35. The van der Waals surface area contributed by atoms with Crippen molar-refractivity contribution < 1.29 is 19.1 Å². The molecule has 158 valence electrons. The van der Waals surface area contributed by atoms with Crippen LogP contribution in [-0.4, -0.2) is 35.1 Å². The minimum Gasteiger partial charge on any atom is -0.504 e. The number of pyridine rings is 1. The van der Waals surface area contributed by atoms with Gasteiger partial charge >= 0.3 is 0 Å². The molecule has 2 heterocycles. The van der Waals surface area contributed by atoms with Crippen LogP contribution >= 0.6 is 7.14 Å². The van der Waals surface area contributed by atoms with Crippen LogP contribution in [0.5, 0.6) is 17.2 Å². The third-order valence-electron chi connectivity index (χ3n) is 6.27. The highest BCUT2D eigenvalue weighted by atomic mass is 31.2. The van der Waals surface area contributed by atoms with Gasteiger partial charge in [0.05, 0.1) is 18.5 Å². The summed E-state index contributed by atoms with van der Waals surface area (Å²) in [4.78, 5) is 4.47. The normalized spacial score (nSPS) is 21.7. The van der Waals surface area contributed by atoms with Crippen LogP contribution in [0.15, 0.2) is 24.3 Å². The Morgan fingerprint density at radius 1 is 1.21 bits per heavy atom. The van der Waals surface area contributed by atoms with E-state index in [1.54, 1.807) is 0 Å². The van der Waals surface area contributed by atoms with Crippen LogP contribution < -0.4 is 9.47 Å². The van der Waals surface area contributed by atoms with E-state index in [9.17, 15) is 9.67 Å². The van der Waals surface area contributed by atoms with E-state index in [-0.39, 0.29) is 16.6 Å². The Hall–Kier alpha value is -2.00. The third kappa shape index (κ3) is 4.02. The smallest absolute Gasteiger partial charge is 0.161 e. The number of ether oxygens (including phenoxy) is 2. The fourth-order valence-corrected chi connectivity index (χ4v) is 8.26. The van der Waals surface area contributed by atoms with E-state index < -0.39 is 7.14 Å². The number of nitrogens with zero attached hydrogens (tertiary/aromatic N) is 1. The average molecular weight is 417 g/mol. The van der Waals surface area contributed by atoms with E-state index in [4.69, 9.17) is 9.47 Å². The van der Waals surface area contributed by atoms with Crippen molar-refractivity contribution in [1.29, 1.82) is 0 Å². The number of hydrogen-bond acceptors (Lipinski definition) is 5. The first-order valence-electron chi connectivity index (χ1n) is 10.1. The van der Waals surface area contributed by atoms with E-state index in [1.807, 2.05) is 45.0 Å². The van der Waals surface area contributed by atoms with Gasteiger partial charge in [-0.25, -0.2) is 0 Å². The lowest BCUT2D eigenvalue weighted by molar-refractivity contribution is 0.307. The van der Waals surface area contributed by atoms with E-state index in [0.29, 0.717) is 29.8 Å². The van der Waals surface area contributed by atoms with Crippen LogP contribution in [0.1, 0.15) is 54.9 Å². The summed E-state index contributed by atoms with van der Waals surface area (Å²) in [5.41, 5.74) is 3.10. The minimum absolute atomic E-state index is 0.124. The highest BCUT2D eigenvalue weighted by molar-refractivity contribution is 7.66. The van der Waals surface area contributed by atoms with Gasteiger partial charge in [-0.05, 0) is 62.9 Å². The van der Waals surface area contributed by atoms with Gasteiger partial charge in [0.1, 0.15) is 19.5 Å². The molecule has 1 N–H and O–H groups in total. The summed E-state index contributed by atoms with van der Waals surface area (Å²) in [7, 11) is -1.08. The summed E-state index contributed by atoms with van der Waals surface area (Å²) in [5, 5.41) is 10.0. The van der Waals surface area contributed by atoms with Crippen molar-refractivity contribution in [3.05, 3.63) is 46.8 Å². The van der Waals surface area contributed by atoms with Crippen molar-refractivity contribution >= 4 is 7.14 Å². The zero-order chi connectivity index (χ0) is 21.4. The second kappa shape index (κ2) is 8.02. The number of phenolic OH excluding ortho intramolecular Hbond substituents is 1. The summed E-state index contributed by atoms with van der Waals surface area (Å²) >= 11 is 0. The Morgan fingerprint density at radius 3 is 2.52 bits per heavy atom. The highest BCUT2D eigenvalue weighted by Crippen LogP contribution is 2.73. The van der Waals surface area contributed by atoms with Crippen LogP contribution in [0.2, 0.25) is 0 Å². The Kier molecular flexibility index (Phi) is 6.01. The molecule has 0 bridgehead atoms. The van der Waals surface area contributed by atoms with Crippen molar-refractivity contribution in [2.24, 2.45) is 0 Å². The molecular formula is C23H32NO4P. The molecule has 3 rings (SSSR count). The van der Waals surface area contributed by atoms with E-state index >= 15 is 0 Å². The van der Waals surface area contributed by atoms with Crippen LogP contribution in [0.4, 0.5) is 0 Å². The molecule has 2 unspecified atom stereocenters. The van der Waals surface area contributed by atoms with Gasteiger partial charge in [-0.15, -0.1) is 0 Å². The standard InChI is InChI=1S/C23H32NO4P/c1-15-12-18(13-20(27-6)22(15)25)21(29(26)11-7-10-23(29,4)5)14-28-19-9-8-16(2)24-17(19)3/h8-9,12-13,21,25H,7,10-11,14H2,1-6H3. The molecule has 1 aliphatic heterocycles. The van der Waals surface area contributed by atoms with Crippen molar-refractivity contribution in [2.45, 2.75) is 58.3 Å². The lowest BCUT2D eigenvalue weighted by atomic mass is 10.1. The van der Waals surface area contributed by atoms with Gasteiger partial charge in [0, 0.05) is 17.0 Å². The molecule has 2 atom stereocenters. The maximum absolute atomic E-state index is 14.3. The maximum Gasteiger partial charge on any atom is 0.161 e. The first-order chi connectivity index (χ1) is 13.6. The predicted octanol–water partition coefficient (Wildman–Crippen LogP) is 5.78. The molecule has 6 heteroatoms. The molecule has 29 heavy (non-hydrogen) atoms. The SMILES string of the molecule is COc1cc(C(COc2ccc(C)nc2C)P2(=O)CCCC2(C)C)cc(C)c1O. The van der Waals surface area contributed by atoms with E-state index in [0.717, 1.165) is 29.8 Å². The second-order valence-electron chi connectivity index (χ2n) is 8.69. The number of aromatic nitrogens is 1. The zero-order valence-corrected chi connectivity index (χ0v) is 19.2. The number of aromatic hydroxyl groups is 1. The molecule has 2 aromatic rings. The molecule has 0 amide bonds. The molecule has 1 aromatic carbocycles. The average Bonchev–Trinajstić information content (AvgIpc) is 2.92. The molecule has 1 aliphatic rings. The molecule has 0 radical (unpaired) electrons. The van der Waals surface area contributed by atoms with Gasteiger partial charge in [-0.1, -0.05) is 19.9 Å². The van der Waals surface area contributed by atoms with Gasteiger partial charge in [0.2, 0.25) is 0 Å². The van der Waals surface area contributed by atoms with Crippen molar-refractivity contribution in [3.8, 4) is 17.2 Å². The van der Waals surface area contributed by atoms with Crippen LogP contribution in [0, 0.1) is 20.8 Å². The summed E-state index contributed by atoms with van der Waals surface area (Å²) in [6, 6.07) is 7.57. The van der Waals surface area contributed by atoms with Crippen molar-refractivity contribution in [1.82, 2.24) is 4.98 Å². The van der Waals surface area contributed by atoms with Gasteiger partial charge < -0.3 is 19.1 Å². The molecule has 1 saturated heterocycles. The largest absolute Gasteiger partial charge is 0.504 e. The number of methoxy groups -OCH3 is 1. The van der Waals surface area contributed by atoms with Crippen LogP contribution in [0.3, 0.4) is 0 Å². The Labute approximate surface area is 173 Å². The van der Waals surface area contributed by atoms with Crippen LogP contribution in [0.25, 0.3) is 0 Å². The van der Waals surface area contributed by atoms with Gasteiger partial charge in [0.25, 0.3) is 0 Å². The monoisotopic (exact) mass is 417 g/mol. The Morgan fingerprint density at radius 2 is 1.93 bits per heavy atom. The molecule has 0 aliphatic carbocycles. The minimum atomic E-state index is -2.61.